The quantitative estimate of drug-likeness (QED) is 0.366. The highest BCUT2D eigenvalue weighted by molar-refractivity contribution is 5.28. The van der Waals surface area contributed by atoms with Crippen molar-refractivity contribution in [3.05, 3.63) is 34.9 Å². The minimum absolute atomic E-state index is 0.284. The van der Waals surface area contributed by atoms with Crippen LogP contribution in [0.2, 0.25) is 0 Å². The highest BCUT2D eigenvalue weighted by Crippen LogP contribution is 2.41. The van der Waals surface area contributed by atoms with E-state index in [1.165, 1.54) is 89.3 Å². The second-order valence-corrected chi connectivity index (χ2v) is 11.0. The van der Waals surface area contributed by atoms with E-state index < -0.39 is 0 Å². The summed E-state index contributed by atoms with van der Waals surface area (Å²) < 4.78 is 0. The smallest absolute Gasteiger partial charge is 0.0288 e. The van der Waals surface area contributed by atoms with Crippen LogP contribution in [0, 0.1) is 17.3 Å². The number of piperidine rings is 1. The van der Waals surface area contributed by atoms with Crippen molar-refractivity contribution >= 4 is 0 Å². The third kappa shape index (κ3) is 7.92. The zero-order valence-corrected chi connectivity index (χ0v) is 22.1. The monoisotopic (exact) mass is 427 g/mol. The van der Waals surface area contributed by atoms with Gasteiger partial charge in [-0.1, -0.05) is 102 Å². The van der Waals surface area contributed by atoms with Gasteiger partial charge in [-0.2, -0.15) is 0 Å². The summed E-state index contributed by atoms with van der Waals surface area (Å²) in [7, 11) is 0. The number of rotatable bonds is 7. The fourth-order valence-corrected chi connectivity index (χ4v) is 6.20. The Morgan fingerprint density at radius 1 is 0.968 bits per heavy atom. The molecule has 1 aliphatic heterocycles. The Balaban J connectivity index is 0.00000166. The number of hydrogen-bond acceptors (Lipinski definition) is 1. The molecule has 1 heteroatoms. The Morgan fingerprint density at radius 3 is 2.10 bits per heavy atom. The summed E-state index contributed by atoms with van der Waals surface area (Å²) in [5, 5.41) is 0. The molecule has 0 aromatic heterocycles. The molecule has 1 saturated heterocycles. The van der Waals surface area contributed by atoms with Crippen molar-refractivity contribution in [1.29, 1.82) is 0 Å². The molecule has 0 amide bonds. The fraction of sp³-hybridized carbons (Fsp3) is 0.800. The first kappa shape index (κ1) is 26.4. The van der Waals surface area contributed by atoms with Crippen molar-refractivity contribution in [1.82, 2.24) is 4.90 Å². The minimum atomic E-state index is 0.284. The second-order valence-electron chi connectivity index (χ2n) is 11.0. The van der Waals surface area contributed by atoms with E-state index in [1.807, 2.05) is 13.8 Å². The van der Waals surface area contributed by atoms with Gasteiger partial charge in [0.25, 0.3) is 0 Å². The second kappa shape index (κ2) is 13.0. The van der Waals surface area contributed by atoms with Crippen LogP contribution in [0.25, 0.3) is 0 Å². The molecule has 178 valence electrons. The lowest BCUT2D eigenvalue weighted by molar-refractivity contribution is 0.0950. The van der Waals surface area contributed by atoms with Gasteiger partial charge in [-0.3, -0.25) is 4.90 Å². The van der Waals surface area contributed by atoms with Crippen LogP contribution >= 0.6 is 0 Å². The third-order valence-corrected chi connectivity index (χ3v) is 8.16. The predicted octanol–water partition coefficient (Wildman–Crippen LogP) is 9.11. The molecule has 2 fully saturated rings. The SMILES string of the molecule is CC.CCC1=CC=C(C(C)(C)CC(C=C(C)C)N2CCC(C3CCCCC3)CC2)CC1. The van der Waals surface area contributed by atoms with E-state index in [0.29, 0.717) is 6.04 Å². The van der Waals surface area contributed by atoms with E-state index in [0.717, 1.165) is 11.8 Å². The molecule has 1 atom stereocenters. The van der Waals surface area contributed by atoms with Crippen LogP contribution in [0.4, 0.5) is 0 Å². The molecular weight excluding hydrogens is 374 g/mol. The lowest BCUT2D eigenvalue weighted by atomic mass is 9.73. The topological polar surface area (TPSA) is 3.24 Å². The van der Waals surface area contributed by atoms with Crippen molar-refractivity contribution < 1.29 is 0 Å². The van der Waals surface area contributed by atoms with Gasteiger partial charge in [0, 0.05) is 6.04 Å². The zero-order valence-electron chi connectivity index (χ0n) is 22.1. The normalized spacial score (nSPS) is 22.7. The Hall–Kier alpha value is -0.820. The fourth-order valence-electron chi connectivity index (χ4n) is 6.20. The van der Waals surface area contributed by atoms with Gasteiger partial charge in [-0.15, -0.1) is 0 Å². The summed E-state index contributed by atoms with van der Waals surface area (Å²) in [6, 6.07) is 0.597. The van der Waals surface area contributed by atoms with E-state index in [4.69, 9.17) is 0 Å². The first-order valence-electron chi connectivity index (χ1n) is 13.7. The van der Waals surface area contributed by atoms with Crippen molar-refractivity contribution in [2.45, 2.75) is 125 Å². The minimum Gasteiger partial charge on any atom is -0.297 e. The van der Waals surface area contributed by atoms with Gasteiger partial charge in [-0.25, -0.2) is 0 Å². The molecule has 1 heterocycles. The lowest BCUT2D eigenvalue weighted by Gasteiger charge is -2.43. The Bertz CT molecular complexity index is 602. The summed E-state index contributed by atoms with van der Waals surface area (Å²) in [5.74, 6) is 2.04. The molecule has 0 aromatic carbocycles. The van der Waals surface area contributed by atoms with Gasteiger partial charge in [0.05, 0.1) is 0 Å². The van der Waals surface area contributed by atoms with Crippen molar-refractivity contribution in [3.8, 4) is 0 Å². The van der Waals surface area contributed by atoms with Crippen LogP contribution in [-0.2, 0) is 0 Å². The molecule has 31 heavy (non-hydrogen) atoms. The van der Waals surface area contributed by atoms with E-state index in [2.05, 4.69) is 57.7 Å². The van der Waals surface area contributed by atoms with Crippen molar-refractivity contribution in [2.24, 2.45) is 17.3 Å². The zero-order chi connectivity index (χ0) is 22.9. The van der Waals surface area contributed by atoms with E-state index in [9.17, 15) is 0 Å². The van der Waals surface area contributed by atoms with Gasteiger partial charge in [0.2, 0.25) is 0 Å². The number of allylic oxidation sites excluding steroid dienone is 5. The Morgan fingerprint density at radius 2 is 1.58 bits per heavy atom. The predicted molar refractivity (Wildman–Crippen MR) is 140 cm³/mol. The van der Waals surface area contributed by atoms with E-state index >= 15 is 0 Å². The van der Waals surface area contributed by atoms with E-state index in [-0.39, 0.29) is 5.41 Å². The molecule has 3 aliphatic rings. The van der Waals surface area contributed by atoms with E-state index in [1.54, 1.807) is 11.1 Å². The molecule has 1 nitrogen and oxygen atoms in total. The molecule has 0 spiro atoms. The van der Waals surface area contributed by atoms with Crippen LogP contribution in [0.3, 0.4) is 0 Å². The maximum atomic E-state index is 2.82. The van der Waals surface area contributed by atoms with Crippen LogP contribution in [-0.4, -0.2) is 24.0 Å². The van der Waals surface area contributed by atoms with Crippen LogP contribution in [0.15, 0.2) is 34.9 Å². The third-order valence-electron chi connectivity index (χ3n) is 8.16. The van der Waals surface area contributed by atoms with Gasteiger partial charge in [0.1, 0.15) is 0 Å². The lowest BCUT2D eigenvalue weighted by Crippen LogP contribution is -2.44. The average molecular weight is 428 g/mol. The van der Waals surface area contributed by atoms with Crippen molar-refractivity contribution in [3.63, 3.8) is 0 Å². The average Bonchev–Trinajstić information content (AvgIpc) is 2.80. The standard InChI is InChI=1S/C28H47N.C2H6/c1-6-23-12-14-26(15-13-23)28(4,5)21-27(20-22(2)3)29-18-16-25(17-19-29)24-10-8-7-9-11-24;1-2/h12,14,20,24-25,27H,6-11,13,15-19,21H2,1-5H3;1-2H3. The molecular formula is C30H53N. The molecule has 1 unspecified atom stereocenters. The van der Waals surface area contributed by atoms with Crippen LogP contribution in [0.1, 0.15) is 119 Å². The molecule has 0 N–H and O–H groups in total. The number of hydrogen-bond donors (Lipinski definition) is 0. The molecule has 0 radical (unpaired) electrons. The molecule has 3 rings (SSSR count). The van der Waals surface area contributed by atoms with Gasteiger partial charge >= 0.3 is 0 Å². The van der Waals surface area contributed by atoms with Gasteiger partial charge in [-0.05, 0) is 82.7 Å². The molecule has 2 aliphatic carbocycles. The largest absolute Gasteiger partial charge is 0.297 e. The summed E-state index contributed by atoms with van der Waals surface area (Å²) in [6.45, 7) is 18.5. The van der Waals surface area contributed by atoms with Crippen LogP contribution in [0.5, 0.6) is 0 Å². The highest BCUT2D eigenvalue weighted by atomic mass is 15.2. The summed E-state index contributed by atoms with van der Waals surface area (Å²) in [5.41, 5.74) is 5.05. The molecule has 0 aromatic rings. The molecule has 1 saturated carbocycles. The van der Waals surface area contributed by atoms with Gasteiger partial charge < -0.3 is 0 Å². The highest BCUT2D eigenvalue weighted by Gasteiger charge is 2.33. The summed E-state index contributed by atoms with van der Waals surface area (Å²) >= 11 is 0. The van der Waals surface area contributed by atoms with Crippen LogP contribution < -0.4 is 0 Å². The van der Waals surface area contributed by atoms with Crippen molar-refractivity contribution in [2.75, 3.05) is 13.1 Å². The number of likely N-dealkylation sites (tertiary alicyclic amines) is 1. The number of nitrogens with zero attached hydrogens (tertiary/aromatic N) is 1. The maximum absolute atomic E-state index is 2.82. The first-order valence-corrected chi connectivity index (χ1v) is 13.7. The summed E-state index contributed by atoms with van der Waals surface area (Å²) in [4.78, 5) is 2.82. The van der Waals surface area contributed by atoms with Gasteiger partial charge in [0.15, 0.2) is 0 Å². The maximum Gasteiger partial charge on any atom is 0.0288 e. The molecule has 0 bridgehead atoms. The summed E-state index contributed by atoms with van der Waals surface area (Å²) in [6.07, 6.45) is 22.8. The Labute approximate surface area is 195 Å². The Kier molecular flexibility index (Phi) is 11.1. The first-order chi connectivity index (χ1) is 14.9.